The molecule has 3 rings (SSSR count). The molecule has 1 fully saturated rings. The van der Waals surface area contributed by atoms with E-state index in [1.165, 1.54) is 0 Å². The van der Waals surface area contributed by atoms with Crippen LogP contribution in [-0.4, -0.2) is 55.5 Å². The molecule has 0 aromatic heterocycles. The minimum absolute atomic E-state index is 0.0102. The second kappa shape index (κ2) is 13.4. The van der Waals surface area contributed by atoms with Crippen LogP contribution in [0.15, 0.2) is 42.5 Å². The number of carbonyl (C=O) groups is 3. The Kier molecular flexibility index (Phi) is 9.97. The highest BCUT2D eigenvalue weighted by molar-refractivity contribution is 5.97. The predicted octanol–water partition coefficient (Wildman–Crippen LogP) is 3.13. The van der Waals surface area contributed by atoms with E-state index in [0.29, 0.717) is 63.0 Å². The van der Waals surface area contributed by atoms with Crippen molar-refractivity contribution in [3.63, 3.8) is 0 Å². The molecule has 2 aromatic carbocycles. The number of hydrogen-bond donors (Lipinski definition) is 2. The number of nitrogens with zero attached hydrogens (tertiary/aromatic N) is 1. The van der Waals surface area contributed by atoms with Gasteiger partial charge in [0.1, 0.15) is 0 Å². The molecule has 2 aromatic rings. The van der Waals surface area contributed by atoms with E-state index in [-0.39, 0.29) is 17.4 Å². The van der Waals surface area contributed by atoms with E-state index in [1.54, 1.807) is 17.0 Å². The first-order valence-electron chi connectivity index (χ1n) is 12.4. The number of hydrazine groups is 1. The average Bonchev–Trinajstić information content (AvgIpc) is 2.89. The van der Waals surface area contributed by atoms with Gasteiger partial charge in [-0.3, -0.25) is 25.2 Å². The SMILES string of the molecule is CCOc1cc(C(=O)NNC(=O)C2CCCN(C(=O)Cc3ccccc3)C2)cc(OCC)c1OCC. The van der Waals surface area contributed by atoms with Crippen LogP contribution in [0, 0.1) is 5.92 Å². The van der Waals surface area contributed by atoms with Crippen LogP contribution in [0.25, 0.3) is 0 Å². The van der Waals surface area contributed by atoms with Gasteiger partial charge in [0.05, 0.1) is 32.2 Å². The quantitative estimate of drug-likeness (QED) is 0.489. The van der Waals surface area contributed by atoms with Gasteiger partial charge in [-0.25, -0.2) is 0 Å². The van der Waals surface area contributed by atoms with Crippen LogP contribution >= 0.6 is 0 Å². The lowest BCUT2D eigenvalue weighted by atomic mass is 9.97. The Labute approximate surface area is 212 Å². The number of likely N-dealkylation sites (tertiary alicyclic amines) is 1. The molecule has 1 unspecified atom stereocenters. The molecule has 9 nitrogen and oxygen atoms in total. The second-order valence-electron chi connectivity index (χ2n) is 8.39. The van der Waals surface area contributed by atoms with E-state index < -0.39 is 11.8 Å². The van der Waals surface area contributed by atoms with Crippen molar-refractivity contribution < 1.29 is 28.6 Å². The summed E-state index contributed by atoms with van der Waals surface area (Å²) in [7, 11) is 0. The first-order chi connectivity index (χ1) is 17.5. The highest BCUT2D eigenvalue weighted by Gasteiger charge is 2.29. The number of piperidine rings is 1. The van der Waals surface area contributed by atoms with Crippen molar-refractivity contribution in [3.8, 4) is 17.2 Å². The number of ether oxygens (including phenoxy) is 3. The van der Waals surface area contributed by atoms with Crippen LogP contribution in [-0.2, 0) is 16.0 Å². The van der Waals surface area contributed by atoms with Gasteiger partial charge in [-0.15, -0.1) is 0 Å². The van der Waals surface area contributed by atoms with E-state index >= 15 is 0 Å². The van der Waals surface area contributed by atoms with Crippen molar-refractivity contribution in [1.29, 1.82) is 0 Å². The Balaban J connectivity index is 1.61. The third-order valence-electron chi connectivity index (χ3n) is 5.81. The molecule has 2 N–H and O–H groups in total. The van der Waals surface area contributed by atoms with Gasteiger partial charge in [0.25, 0.3) is 5.91 Å². The molecule has 9 heteroatoms. The maximum atomic E-state index is 12.8. The minimum Gasteiger partial charge on any atom is -0.490 e. The van der Waals surface area contributed by atoms with Crippen molar-refractivity contribution >= 4 is 17.7 Å². The highest BCUT2D eigenvalue weighted by Crippen LogP contribution is 2.39. The van der Waals surface area contributed by atoms with Gasteiger partial charge in [-0.05, 0) is 51.3 Å². The summed E-state index contributed by atoms with van der Waals surface area (Å²) < 4.78 is 17.0. The lowest BCUT2D eigenvalue weighted by Gasteiger charge is -2.32. The van der Waals surface area contributed by atoms with Gasteiger partial charge >= 0.3 is 0 Å². The van der Waals surface area contributed by atoms with E-state index in [4.69, 9.17) is 14.2 Å². The summed E-state index contributed by atoms with van der Waals surface area (Å²) in [4.78, 5) is 40.1. The van der Waals surface area contributed by atoms with E-state index in [2.05, 4.69) is 10.9 Å². The number of amides is 3. The number of carbonyl (C=O) groups excluding carboxylic acids is 3. The molecule has 0 aliphatic carbocycles. The third kappa shape index (κ3) is 7.13. The molecule has 1 saturated heterocycles. The molecular formula is C27H35N3O6. The van der Waals surface area contributed by atoms with Crippen molar-refractivity contribution in [2.24, 2.45) is 5.92 Å². The van der Waals surface area contributed by atoms with E-state index in [9.17, 15) is 14.4 Å². The Morgan fingerprint density at radius 2 is 1.56 bits per heavy atom. The smallest absolute Gasteiger partial charge is 0.269 e. The fraction of sp³-hybridized carbons (Fsp3) is 0.444. The van der Waals surface area contributed by atoms with Crippen molar-refractivity contribution in [1.82, 2.24) is 15.8 Å². The van der Waals surface area contributed by atoms with Crippen molar-refractivity contribution in [2.45, 2.75) is 40.0 Å². The van der Waals surface area contributed by atoms with Crippen LogP contribution < -0.4 is 25.1 Å². The molecule has 36 heavy (non-hydrogen) atoms. The Morgan fingerprint density at radius 3 is 2.17 bits per heavy atom. The number of rotatable bonds is 10. The lowest BCUT2D eigenvalue weighted by molar-refractivity contribution is -0.135. The van der Waals surface area contributed by atoms with E-state index in [1.807, 2.05) is 51.1 Å². The van der Waals surface area contributed by atoms with Crippen LogP contribution in [0.2, 0.25) is 0 Å². The molecule has 1 atom stereocenters. The largest absolute Gasteiger partial charge is 0.490 e. The normalized spacial score (nSPS) is 15.1. The Bertz CT molecular complexity index is 1020. The van der Waals surface area contributed by atoms with Gasteiger partial charge in [0, 0.05) is 18.7 Å². The van der Waals surface area contributed by atoms with Gasteiger partial charge in [-0.1, -0.05) is 30.3 Å². The summed E-state index contributed by atoms with van der Waals surface area (Å²) in [5.74, 6) is -0.0451. The minimum atomic E-state index is -0.513. The van der Waals surface area contributed by atoms with Crippen LogP contribution in [0.3, 0.4) is 0 Å². The molecular weight excluding hydrogens is 462 g/mol. The van der Waals surface area contributed by atoms with Crippen LogP contribution in [0.5, 0.6) is 17.2 Å². The molecule has 0 saturated carbocycles. The van der Waals surface area contributed by atoms with Crippen molar-refractivity contribution in [3.05, 3.63) is 53.6 Å². The zero-order chi connectivity index (χ0) is 25.9. The fourth-order valence-electron chi connectivity index (χ4n) is 4.11. The molecule has 0 radical (unpaired) electrons. The van der Waals surface area contributed by atoms with Gasteiger partial charge in [0.2, 0.25) is 17.6 Å². The molecule has 194 valence electrons. The zero-order valence-electron chi connectivity index (χ0n) is 21.2. The summed E-state index contributed by atoms with van der Waals surface area (Å²) in [6.45, 7) is 7.64. The fourth-order valence-corrected chi connectivity index (χ4v) is 4.11. The van der Waals surface area contributed by atoms with E-state index in [0.717, 1.165) is 12.0 Å². The van der Waals surface area contributed by atoms with Gasteiger partial charge < -0.3 is 19.1 Å². The van der Waals surface area contributed by atoms with Gasteiger partial charge in [-0.2, -0.15) is 0 Å². The molecule has 1 heterocycles. The first-order valence-corrected chi connectivity index (χ1v) is 12.4. The maximum Gasteiger partial charge on any atom is 0.269 e. The second-order valence-corrected chi connectivity index (χ2v) is 8.39. The molecule has 1 aliphatic rings. The zero-order valence-corrected chi connectivity index (χ0v) is 21.2. The average molecular weight is 498 g/mol. The summed E-state index contributed by atoms with van der Waals surface area (Å²) in [5, 5.41) is 0. The number of nitrogens with one attached hydrogen (secondary N) is 2. The third-order valence-corrected chi connectivity index (χ3v) is 5.81. The van der Waals surface area contributed by atoms with Crippen LogP contribution in [0.4, 0.5) is 0 Å². The summed E-state index contributed by atoms with van der Waals surface area (Å²) in [6.07, 6.45) is 1.66. The first kappa shape index (κ1) is 26.8. The number of benzene rings is 2. The highest BCUT2D eigenvalue weighted by atomic mass is 16.5. The van der Waals surface area contributed by atoms with Crippen LogP contribution in [0.1, 0.15) is 49.5 Å². The topological polar surface area (TPSA) is 106 Å². The van der Waals surface area contributed by atoms with Gasteiger partial charge in [0.15, 0.2) is 11.5 Å². The predicted molar refractivity (Wildman–Crippen MR) is 135 cm³/mol. The monoisotopic (exact) mass is 497 g/mol. The summed E-state index contributed by atoms with van der Waals surface area (Å²) >= 11 is 0. The standard InChI is InChI=1S/C27H35N3O6/c1-4-34-22-16-21(17-23(35-5-2)25(22)36-6-3)27(33)29-28-26(32)20-13-10-14-30(18-20)24(31)15-19-11-8-7-9-12-19/h7-9,11-12,16-17,20H,4-6,10,13-15,18H2,1-3H3,(H,28,32)(H,29,33). The Hall–Kier alpha value is -3.75. The van der Waals surface area contributed by atoms with Crippen molar-refractivity contribution in [2.75, 3.05) is 32.9 Å². The Morgan fingerprint density at radius 1 is 0.917 bits per heavy atom. The summed E-state index contributed by atoms with van der Waals surface area (Å²) in [5.41, 5.74) is 6.19. The molecule has 0 spiro atoms. The lowest BCUT2D eigenvalue weighted by Crippen LogP contribution is -2.50. The maximum absolute atomic E-state index is 12.8. The molecule has 0 bridgehead atoms. The summed E-state index contributed by atoms with van der Waals surface area (Å²) in [6, 6.07) is 12.7. The molecule has 3 amide bonds. The number of hydrogen-bond acceptors (Lipinski definition) is 6. The molecule has 1 aliphatic heterocycles.